The van der Waals surface area contributed by atoms with Gasteiger partial charge in [-0.25, -0.2) is 4.39 Å². The zero-order valence-electron chi connectivity index (χ0n) is 8.71. The molecule has 0 aliphatic rings. The molecule has 0 aliphatic heterocycles. The molecule has 0 heterocycles. The second kappa shape index (κ2) is 5.04. The summed E-state index contributed by atoms with van der Waals surface area (Å²) < 4.78 is 13.3. The highest BCUT2D eigenvalue weighted by Gasteiger charge is 2.23. The largest absolute Gasteiger partial charge is 0.391 e. The summed E-state index contributed by atoms with van der Waals surface area (Å²) in [5.74, 6) is -1.03. The molecule has 1 aromatic rings. The zero-order valence-corrected chi connectivity index (χ0v) is 8.71. The first-order valence-corrected chi connectivity index (χ1v) is 4.68. The number of nitrogen functional groups attached to an aromatic ring is 1. The number of nitrogens with zero attached hydrogens (tertiary/aromatic N) is 1. The third-order valence-electron chi connectivity index (χ3n) is 2.27. The van der Waals surface area contributed by atoms with Crippen LogP contribution in [-0.4, -0.2) is 27.8 Å². The molecule has 0 fully saturated rings. The first-order valence-electron chi connectivity index (χ1n) is 4.68. The fourth-order valence-electron chi connectivity index (χ4n) is 1.30. The van der Waals surface area contributed by atoms with E-state index in [1.165, 1.54) is 0 Å². The van der Waals surface area contributed by atoms with Crippen LogP contribution < -0.4 is 11.5 Å². The van der Waals surface area contributed by atoms with Gasteiger partial charge in [0.1, 0.15) is 11.8 Å². The predicted molar refractivity (Wildman–Crippen MR) is 57.5 cm³/mol. The van der Waals surface area contributed by atoms with Crippen molar-refractivity contribution in [2.24, 2.45) is 5.73 Å². The lowest BCUT2D eigenvalue weighted by Gasteiger charge is -2.16. The SMILES string of the molecule is NCC(O)C(O)c1cc(F)c(N)c([N+](=O)[O-])c1. The van der Waals surface area contributed by atoms with E-state index in [0.29, 0.717) is 0 Å². The number of nitro groups is 1. The summed E-state index contributed by atoms with van der Waals surface area (Å²) in [6.45, 7) is -0.263. The molecule has 0 amide bonds. The van der Waals surface area contributed by atoms with Gasteiger partial charge in [0.2, 0.25) is 0 Å². The van der Waals surface area contributed by atoms with Gasteiger partial charge in [0.25, 0.3) is 5.69 Å². The molecule has 2 atom stereocenters. The fourth-order valence-corrected chi connectivity index (χ4v) is 1.30. The number of hydrogen-bond donors (Lipinski definition) is 4. The van der Waals surface area contributed by atoms with Crippen LogP contribution in [0.2, 0.25) is 0 Å². The molecule has 1 rings (SSSR count). The topological polar surface area (TPSA) is 136 Å². The van der Waals surface area contributed by atoms with Crippen LogP contribution in [0.3, 0.4) is 0 Å². The molecule has 2 unspecified atom stereocenters. The molecule has 0 saturated carbocycles. The van der Waals surface area contributed by atoms with Gasteiger partial charge in [-0.15, -0.1) is 0 Å². The minimum absolute atomic E-state index is 0.152. The minimum atomic E-state index is -1.51. The van der Waals surface area contributed by atoms with E-state index in [0.717, 1.165) is 12.1 Å². The Morgan fingerprint density at radius 1 is 1.47 bits per heavy atom. The second-order valence-electron chi connectivity index (χ2n) is 3.44. The standard InChI is InChI=1S/C9H12FN3O4/c10-5-1-4(9(15)7(14)3-11)2-6(8(5)12)13(16)17/h1-2,7,9,14-15H,3,11-12H2. The van der Waals surface area contributed by atoms with Crippen molar-refractivity contribution in [1.82, 2.24) is 0 Å². The summed E-state index contributed by atoms with van der Waals surface area (Å²) in [6.07, 6.45) is -2.84. The Morgan fingerprint density at radius 3 is 2.53 bits per heavy atom. The third kappa shape index (κ3) is 2.67. The summed E-state index contributed by atoms with van der Waals surface area (Å²) in [5, 5.41) is 29.4. The first kappa shape index (κ1) is 13.3. The van der Waals surface area contributed by atoms with Crippen LogP contribution in [0.25, 0.3) is 0 Å². The van der Waals surface area contributed by atoms with Gasteiger partial charge in [-0.3, -0.25) is 10.1 Å². The molecule has 0 aromatic heterocycles. The van der Waals surface area contributed by atoms with Gasteiger partial charge in [0, 0.05) is 12.6 Å². The lowest BCUT2D eigenvalue weighted by molar-refractivity contribution is -0.384. The van der Waals surface area contributed by atoms with Crippen LogP contribution in [0.5, 0.6) is 0 Å². The van der Waals surface area contributed by atoms with Crippen LogP contribution in [0.15, 0.2) is 12.1 Å². The molecule has 7 nitrogen and oxygen atoms in total. The predicted octanol–water partition coefficient (Wildman–Crippen LogP) is -0.331. The average molecular weight is 245 g/mol. The zero-order chi connectivity index (χ0) is 13.2. The monoisotopic (exact) mass is 245 g/mol. The lowest BCUT2D eigenvalue weighted by Crippen LogP contribution is -2.27. The molecule has 0 saturated heterocycles. The van der Waals surface area contributed by atoms with Crippen LogP contribution in [-0.2, 0) is 0 Å². The van der Waals surface area contributed by atoms with E-state index < -0.39 is 34.3 Å². The normalized spacial score (nSPS) is 14.4. The molecular formula is C9H12FN3O4. The summed E-state index contributed by atoms with van der Waals surface area (Å²) in [4.78, 5) is 9.71. The summed E-state index contributed by atoms with van der Waals surface area (Å²) in [5.41, 5.74) is 8.86. The van der Waals surface area contributed by atoms with E-state index in [4.69, 9.17) is 11.5 Å². The molecular weight excluding hydrogens is 233 g/mol. The number of benzene rings is 1. The van der Waals surface area contributed by atoms with Gasteiger partial charge in [0.05, 0.1) is 11.0 Å². The maximum Gasteiger partial charge on any atom is 0.295 e. The maximum absolute atomic E-state index is 13.3. The van der Waals surface area contributed by atoms with Crippen molar-refractivity contribution in [1.29, 1.82) is 0 Å². The van der Waals surface area contributed by atoms with Gasteiger partial charge in [0.15, 0.2) is 5.82 Å². The molecule has 1 aromatic carbocycles. The van der Waals surface area contributed by atoms with Crippen molar-refractivity contribution in [3.8, 4) is 0 Å². The van der Waals surface area contributed by atoms with E-state index in [-0.39, 0.29) is 12.1 Å². The highest BCUT2D eigenvalue weighted by Crippen LogP contribution is 2.29. The molecule has 0 radical (unpaired) electrons. The Balaban J connectivity index is 3.23. The first-order chi connectivity index (χ1) is 7.88. The Kier molecular flexibility index (Phi) is 3.94. The van der Waals surface area contributed by atoms with Gasteiger partial charge < -0.3 is 21.7 Å². The van der Waals surface area contributed by atoms with E-state index in [9.17, 15) is 24.7 Å². The molecule has 17 heavy (non-hydrogen) atoms. The average Bonchev–Trinajstić information content (AvgIpc) is 2.30. The quantitative estimate of drug-likeness (QED) is 0.326. The Morgan fingerprint density at radius 2 is 2.06 bits per heavy atom. The van der Waals surface area contributed by atoms with E-state index in [1.54, 1.807) is 0 Å². The highest BCUT2D eigenvalue weighted by atomic mass is 19.1. The van der Waals surface area contributed by atoms with Crippen LogP contribution >= 0.6 is 0 Å². The van der Waals surface area contributed by atoms with Gasteiger partial charge >= 0.3 is 0 Å². The van der Waals surface area contributed by atoms with Crippen molar-refractivity contribution in [3.63, 3.8) is 0 Å². The van der Waals surface area contributed by atoms with E-state index in [2.05, 4.69) is 0 Å². The van der Waals surface area contributed by atoms with E-state index in [1.807, 2.05) is 0 Å². The second-order valence-corrected chi connectivity index (χ2v) is 3.44. The number of aliphatic hydroxyl groups excluding tert-OH is 2. The van der Waals surface area contributed by atoms with Gasteiger partial charge in [-0.05, 0) is 11.6 Å². The van der Waals surface area contributed by atoms with Crippen molar-refractivity contribution >= 4 is 11.4 Å². The maximum atomic E-state index is 13.3. The number of halogens is 1. The van der Waals surface area contributed by atoms with Crippen molar-refractivity contribution < 1.29 is 19.5 Å². The van der Waals surface area contributed by atoms with Crippen molar-refractivity contribution in [2.75, 3.05) is 12.3 Å². The van der Waals surface area contributed by atoms with Gasteiger partial charge in [-0.2, -0.15) is 0 Å². The number of anilines is 1. The fraction of sp³-hybridized carbons (Fsp3) is 0.333. The van der Waals surface area contributed by atoms with Gasteiger partial charge in [-0.1, -0.05) is 0 Å². The number of aliphatic hydroxyl groups is 2. The minimum Gasteiger partial charge on any atom is -0.391 e. The van der Waals surface area contributed by atoms with Crippen LogP contribution in [0.4, 0.5) is 15.8 Å². The molecule has 0 bridgehead atoms. The molecule has 8 heteroatoms. The summed E-state index contributed by atoms with van der Waals surface area (Å²) >= 11 is 0. The summed E-state index contributed by atoms with van der Waals surface area (Å²) in [6, 6.07) is 1.73. The molecule has 94 valence electrons. The third-order valence-corrected chi connectivity index (χ3v) is 2.27. The number of rotatable bonds is 4. The van der Waals surface area contributed by atoms with Crippen molar-refractivity contribution in [2.45, 2.75) is 12.2 Å². The Bertz CT molecular complexity index is 440. The Hall–Kier alpha value is -1.77. The summed E-state index contributed by atoms with van der Waals surface area (Å²) in [7, 11) is 0. The Labute approximate surface area is 95.6 Å². The highest BCUT2D eigenvalue weighted by molar-refractivity contribution is 5.60. The van der Waals surface area contributed by atoms with Crippen LogP contribution in [0, 0.1) is 15.9 Å². The number of hydrogen-bond acceptors (Lipinski definition) is 6. The van der Waals surface area contributed by atoms with Crippen LogP contribution in [0.1, 0.15) is 11.7 Å². The van der Waals surface area contributed by atoms with Crippen molar-refractivity contribution in [3.05, 3.63) is 33.6 Å². The molecule has 6 N–H and O–H groups in total. The molecule has 0 aliphatic carbocycles. The number of nitrogens with two attached hydrogens (primary N) is 2. The number of nitro benzene ring substituents is 1. The smallest absolute Gasteiger partial charge is 0.295 e. The van der Waals surface area contributed by atoms with E-state index >= 15 is 0 Å². The molecule has 0 spiro atoms. The lowest BCUT2D eigenvalue weighted by atomic mass is 10.0.